The molecular weight excluding hydrogens is 257 g/mol. The fraction of sp³-hybridized carbons (Fsp3) is 0.583. The molecule has 2 N–H and O–H groups in total. The lowest BCUT2D eigenvalue weighted by Crippen LogP contribution is -2.49. The number of hydrogen-bond donors (Lipinski definition) is 1. The van der Waals surface area contributed by atoms with Crippen molar-refractivity contribution in [2.24, 2.45) is 11.7 Å². The average molecular weight is 274 g/mol. The van der Waals surface area contributed by atoms with Gasteiger partial charge in [-0.05, 0) is 24.8 Å². The van der Waals surface area contributed by atoms with Gasteiger partial charge in [0, 0.05) is 25.3 Å². The van der Waals surface area contributed by atoms with Crippen molar-refractivity contribution in [3.05, 3.63) is 22.3 Å². The molecule has 1 fully saturated rings. The first-order valence-electron chi connectivity index (χ1n) is 5.91. The van der Waals surface area contributed by atoms with Gasteiger partial charge in [-0.2, -0.15) is 0 Å². The van der Waals surface area contributed by atoms with E-state index in [2.05, 4.69) is 16.8 Å². The predicted molar refractivity (Wildman–Crippen MR) is 72.8 cm³/mol. The van der Waals surface area contributed by atoms with Crippen molar-refractivity contribution in [3.8, 4) is 0 Å². The van der Waals surface area contributed by atoms with E-state index in [-0.39, 0.29) is 0 Å². The summed E-state index contributed by atoms with van der Waals surface area (Å²) in [6, 6.07) is 2.05. The van der Waals surface area contributed by atoms with Gasteiger partial charge in [-0.1, -0.05) is 30.1 Å². The number of piperidine rings is 1. The van der Waals surface area contributed by atoms with Crippen LogP contribution in [0.25, 0.3) is 0 Å². The topological polar surface area (TPSA) is 42.2 Å². The average Bonchev–Trinajstić information content (AvgIpc) is 2.29. The second kappa shape index (κ2) is 5.42. The van der Waals surface area contributed by atoms with Crippen LogP contribution in [0.5, 0.6) is 0 Å². The molecule has 0 aliphatic carbocycles. The van der Waals surface area contributed by atoms with Crippen molar-refractivity contribution in [1.29, 1.82) is 0 Å². The molecule has 2 atom stereocenters. The van der Waals surface area contributed by atoms with Crippen LogP contribution in [0.3, 0.4) is 0 Å². The second-order valence-electron chi connectivity index (χ2n) is 4.57. The minimum atomic E-state index is 0.315. The Morgan fingerprint density at radius 3 is 2.94 bits per heavy atom. The molecule has 3 nitrogen and oxygen atoms in total. The molecule has 1 aromatic heterocycles. The molecule has 0 spiro atoms. The van der Waals surface area contributed by atoms with Crippen molar-refractivity contribution in [3.63, 3.8) is 0 Å². The standard InChI is InChI=1S/C12H17Cl2N3/c1-8-3-2-4-17(11(8)6-15)12-10(14)5-9(13)7-16-12/h5,7-8,11H,2-4,6,15H2,1H3. The van der Waals surface area contributed by atoms with E-state index >= 15 is 0 Å². The Morgan fingerprint density at radius 2 is 2.29 bits per heavy atom. The molecule has 0 bridgehead atoms. The van der Waals surface area contributed by atoms with E-state index in [0.29, 0.717) is 28.5 Å². The lowest BCUT2D eigenvalue weighted by molar-refractivity contribution is 0.348. The Morgan fingerprint density at radius 1 is 1.53 bits per heavy atom. The van der Waals surface area contributed by atoms with Crippen LogP contribution >= 0.6 is 23.2 Å². The van der Waals surface area contributed by atoms with Crippen LogP contribution in [0.15, 0.2) is 12.3 Å². The van der Waals surface area contributed by atoms with Crippen LogP contribution in [-0.2, 0) is 0 Å². The number of aromatic nitrogens is 1. The zero-order valence-electron chi connectivity index (χ0n) is 9.87. The predicted octanol–water partition coefficient (Wildman–Crippen LogP) is 2.95. The van der Waals surface area contributed by atoms with Crippen molar-refractivity contribution in [2.45, 2.75) is 25.8 Å². The summed E-state index contributed by atoms with van der Waals surface area (Å²) in [5.74, 6) is 1.38. The lowest BCUT2D eigenvalue weighted by atomic mass is 9.91. The van der Waals surface area contributed by atoms with E-state index in [0.717, 1.165) is 18.8 Å². The van der Waals surface area contributed by atoms with Gasteiger partial charge in [-0.25, -0.2) is 4.98 Å². The Hall–Kier alpha value is -0.510. The molecule has 0 amide bonds. The number of hydrogen-bond acceptors (Lipinski definition) is 3. The smallest absolute Gasteiger partial charge is 0.147 e. The van der Waals surface area contributed by atoms with E-state index in [1.807, 2.05) is 0 Å². The van der Waals surface area contributed by atoms with Crippen LogP contribution in [0.1, 0.15) is 19.8 Å². The molecule has 17 heavy (non-hydrogen) atoms. The van der Waals surface area contributed by atoms with Gasteiger partial charge in [0.25, 0.3) is 0 Å². The second-order valence-corrected chi connectivity index (χ2v) is 5.42. The largest absolute Gasteiger partial charge is 0.351 e. The maximum atomic E-state index is 6.20. The summed E-state index contributed by atoms with van der Waals surface area (Å²) in [5.41, 5.74) is 5.86. The zero-order chi connectivity index (χ0) is 12.4. The lowest BCUT2D eigenvalue weighted by Gasteiger charge is -2.40. The fourth-order valence-electron chi connectivity index (χ4n) is 2.49. The first-order chi connectivity index (χ1) is 8.13. The quantitative estimate of drug-likeness (QED) is 0.901. The summed E-state index contributed by atoms with van der Waals surface area (Å²) in [4.78, 5) is 6.56. The van der Waals surface area contributed by atoms with Gasteiger partial charge in [0.1, 0.15) is 5.82 Å². The normalized spacial score (nSPS) is 25.1. The van der Waals surface area contributed by atoms with Crippen LogP contribution in [0.4, 0.5) is 5.82 Å². The van der Waals surface area contributed by atoms with Gasteiger partial charge in [0.15, 0.2) is 0 Å². The Balaban J connectivity index is 2.30. The maximum Gasteiger partial charge on any atom is 0.147 e. The molecule has 2 rings (SSSR count). The number of halogens is 2. The van der Waals surface area contributed by atoms with Gasteiger partial charge in [-0.3, -0.25) is 0 Å². The summed E-state index contributed by atoms with van der Waals surface area (Å²) < 4.78 is 0. The number of nitrogens with zero attached hydrogens (tertiary/aromatic N) is 2. The number of nitrogens with two attached hydrogens (primary N) is 1. The first kappa shape index (κ1) is 12.9. The van der Waals surface area contributed by atoms with Crippen molar-refractivity contribution in [1.82, 2.24) is 4.98 Å². The Kier molecular flexibility index (Phi) is 4.13. The highest BCUT2D eigenvalue weighted by Gasteiger charge is 2.29. The molecule has 1 aliphatic heterocycles. The number of rotatable bonds is 2. The highest BCUT2D eigenvalue weighted by atomic mass is 35.5. The summed E-state index contributed by atoms with van der Waals surface area (Å²) in [6.45, 7) is 3.82. The van der Waals surface area contributed by atoms with Crippen LogP contribution in [-0.4, -0.2) is 24.1 Å². The highest BCUT2D eigenvalue weighted by molar-refractivity contribution is 6.36. The molecule has 0 saturated carbocycles. The molecule has 2 unspecified atom stereocenters. The van der Waals surface area contributed by atoms with Crippen LogP contribution in [0, 0.1) is 5.92 Å². The highest BCUT2D eigenvalue weighted by Crippen LogP contribution is 2.32. The summed E-state index contributed by atoms with van der Waals surface area (Å²) in [7, 11) is 0. The van der Waals surface area contributed by atoms with Crippen LogP contribution in [0.2, 0.25) is 10.0 Å². The Bertz CT molecular complexity index is 397. The third kappa shape index (κ3) is 2.67. The van der Waals surface area contributed by atoms with E-state index in [4.69, 9.17) is 28.9 Å². The van der Waals surface area contributed by atoms with Gasteiger partial charge < -0.3 is 10.6 Å². The van der Waals surface area contributed by atoms with Crippen molar-refractivity contribution >= 4 is 29.0 Å². The van der Waals surface area contributed by atoms with Crippen LogP contribution < -0.4 is 10.6 Å². The third-order valence-corrected chi connectivity index (χ3v) is 3.90. The molecule has 2 heterocycles. The van der Waals surface area contributed by atoms with Gasteiger partial charge in [0.05, 0.1) is 10.0 Å². The number of pyridine rings is 1. The molecule has 1 aliphatic rings. The molecule has 1 saturated heterocycles. The molecular formula is C12H17Cl2N3. The molecule has 0 radical (unpaired) electrons. The van der Waals surface area contributed by atoms with Gasteiger partial charge in [-0.15, -0.1) is 0 Å². The molecule has 94 valence electrons. The van der Waals surface area contributed by atoms with Crippen molar-refractivity contribution < 1.29 is 0 Å². The maximum absolute atomic E-state index is 6.20. The third-order valence-electron chi connectivity index (χ3n) is 3.42. The van der Waals surface area contributed by atoms with E-state index in [9.17, 15) is 0 Å². The van der Waals surface area contributed by atoms with E-state index in [1.165, 1.54) is 6.42 Å². The fourth-order valence-corrected chi connectivity index (χ4v) is 2.98. The van der Waals surface area contributed by atoms with Crippen molar-refractivity contribution in [2.75, 3.05) is 18.0 Å². The minimum absolute atomic E-state index is 0.315. The first-order valence-corrected chi connectivity index (χ1v) is 6.67. The zero-order valence-corrected chi connectivity index (χ0v) is 11.4. The molecule has 0 aromatic carbocycles. The minimum Gasteiger partial charge on any atom is -0.351 e. The summed E-state index contributed by atoms with van der Waals surface area (Å²) >= 11 is 12.1. The molecule has 1 aromatic rings. The Labute approximate surface area is 112 Å². The number of anilines is 1. The monoisotopic (exact) mass is 273 g/mol. The van der Waals surface area contributed by atoms with E-state index in [1.54, 1.807) is 12.3 Å². The van der Waals surface area contributed by atoms with Gasteiger partial charge in [0.2, 0.25) is 0 Å². The molecule has 5 heteroatoms. The SMILES string of the molecule is CC1CCCN(c2ncc(Cl)cc2Cl)C1CN. The van der Waals surface area contributed by atoms with E-state index < -0.39 is 0 Å². The summed E-state index contributed by atoms with van der Waals surface area (Å²) in [5, 5.41) is 1.16. The van der Waals surface area contributed by atoms with Gasteiger partial charge >= 0.3 is 0 Å². The summed E-state index contributed by atoms with van der Waals surface area (Å²) in [6.07, 6.45) is 4.00.